The molecule has 3 rings (SSSR count). The molecule has 1 heterocycles. The first-order chi connectivity index (χ1) is 12.2. The van der Waals surface area contributed by atoms with Crippen LogP contribution in [0, 0.1) is 6.92 Å². The smallest absolute Gasteiger partial charge is 0.262 e. The summed E-state index contributed by atoms with van der Waals surface area (Å²) in [5.41, 5.74) is 1.22. The molecule has 2 aromatic carbocycles. The molecule has 0 aliphatic carbocycles. The standard InChI is InChI=1S/C17H20N2O5S2/c1-13-6-3-4-7-17(13)26(22,23)18-14-8-9-16(24-2)15(12-14)19-10-5-11-25(19,20)21/h3-4,6-9,12,18H,5,10-11H2,1-2H3. The van der Waals surface area contributed by atoms with Gasteiger partial charge in [-0.25, -0.2) is 16.8 Å². The Morgan fingerprint density at radius 2 is 1.88 bits per heavy atom. The Labute approximate surface area is 153 Å². The fourth-order valence-electron chi connectivity index (χ4n) is 2.93. The summed E-state index contributed by atoms with van der Waals surface area (Å²) in [7, 11) is -5.76. The molecule has 0 bridgehead atoms. The minimum absolute atomic E-state index is 0.0648. The topological polar surface area (TPSA) is 92.8 Å². The fourth-order valence-corrected chi connectivity index (χ4v) is 5.79. The van der Waals surface area contributed by atoms with Crippen LogP contribution in [-0.4, -0.2) is 36.2 Å². The molecule has 0 spiro atoms. The molecule has 1 aliphatic rings. The summed E-state index contributed by atoms with van der Waals surface area (Å²) < 4.78 is 58.8. The molecular weight excluding hydrogens is 376 g/mol. The second-order valence-corrected chi connectivity index (χ2v) is 9.66. The van der Waals surface area contributed by atoms with E-state index in [1.54, 1.807) is 37.3 Å². The lowest BCUT2D eigenvalue weighted by Gasteiger charge is -2.21. The zero-order valence-corrected chi connectivity index (χ0v) is 16.1. The molecule has 0 amide bonds. The zero-order chi connectivity index (χ0) is 18.9. The Balaban J connectivity index is 2.00. The number of benzene rings is 2. The van der Waals surface area contributed by atoms with Gasteiger partial charge in [0, 0.05) is 6.54 Å². The molecule has 1 saturated heterocycles. The number of hydrogen-bond donors (Lipinski definition) is 1. The quantitative estimate of drug-likeness (QED) is 0.837. The molecule has 1 N–H and O–H groups in total. The molecule has 9 heteroatoms. The van der Waals surface area contributed by atoms with Gasteiger partial charge in [-0.2, -0.15) is 0 Å². The van der Waals surface area contributed by atoms with Gasteiger partial charge in [0.15, 0.2) is 0 Å². The Morgan fingerprint density at radius 1 is 1.15 bits per heavy atom. The van der Waals surface area contributed by atoms with Crippen LogP contribution in [-0.2, 0) is 20.0 Å². The predicted octanol–water partition coefficient (Wildman–Crippen LogP) is 2.34. The number of aryl methyl sites for hydroxylation is 1. The Bertz CT molecular complexity index is 1030. The number of rotatable bonds is 5. The summed E-state index contributed by atoms with van der Waals surface area (Å²) >= 11 is 0. The van der Waals surface area contributed by atoms with Crippen molar-refractivity contribution in [1.82, 2.24) is 0 Å². The van der Waals surface area contributed by atoms with E-state index in [1.807, 2.05) is 0 Å². The highest BCUT2D eigenvalue weighted by Gasteiger charge is 2.31. The van der Waals surface area contributed by atoms with E-state index in [9.17, 15) is 16.8 Å². The summed E-state index contributed by atoms with van der Waals surface area (Å²) in [5.74, 6) is 0.435. The lowest BCUT2D eigenvalue weighted by atomic mass is 10.2. The highest BCUT2D eigenvalue weighted by molar-refractivity contribution is 7.93. The predicted molar refractivity (Wildman–Crippen MR) is 101 cm³/mol. The molecule has 140 valence electrons. The highest BCUT2D eigenvalue weighted by Crippen LogP contribution is 2.36. The molecule has 0 atom stereocenters. The van der Waals surface area contributed by atoms with Gasteiger partial charge in [-0.15, -0.1) is 0 Å². The van der Waals surface area contributed by atoms with Gasteiger partial charge in [0.1, 0.15) is 5.75 Å². The third-order valence-corrected chi connectivity index (χ3v) is 7.58. The first-order valence-corrected chi connectivity index (χ1v) is 11.1. The van der Waals surface area contributed by atoms with Gasteiger partial charge in [-0.05, 0) is 43.2 Å². The summed E-state index contributed by atoms with van der Waals surface area (Å²) in [6, 6.07) is 11.2. The van der Waals surface area contributed by atoms with Crippen LogP contribution in [0.1, 0.15) is 12.0 Å². The molecule has 0 radical (unpaired) electrons. The second-order valence-electron chi connectivity index (χ2n) is 6.00. The van der Waals surface area contributed by atoms with Gasteiger partial charge in [0.2, 0.25) is 10.0 Å². The highest BCUT2D eigenvalue weighted by atomic mass is 32.2. The van der Waals surface area contributed by atoms with Gasteiger partial charge in [0.25, 0.3) is 10.0 Å². The lowest BCUT2D eigenvalue weighted by Crippen LogP contribution is -2.25. The van der Waals surface area contributed by atoms with Crippen molar-refractivity contribution >= 4 is 31.4 Å². The van der Waals surface area contributed by atoms with Crippen molar-refractivity contribution < 1.29 is 21.6 Å². The molecule has 1 fully saturated rings. The van der Waals surface area contributed by atoms with E-state index in [1.165, 1.54) is 23.5 Å². The molecule has 0 saturated carbocycles. The van der Waals surface area contributed by atoms with Crippen molar-refractivity contribution in [3.63, 3.8) is 0 Å². The zero-order valence-electron chi connectivity index (χ0n) is 14.5. The van der Waals surface area contributed by atoms with E-state index in [0.29, 0.717) is 30.0 Å². The summed E-state index contributed by atoms with van der Waals surface area (Å²) in [6.45, 7) is 2.05. The fraction of sp³-hybridized carbons (Fsp3) is 0.294. The van der Waals surface area contributed by atoms with Gasteiger partial charge >= 0.3 is 0 Å². The maximum absolute atomic E-state index is 12.7. The molecule has 26 heavy (non-hydrogen) atoms. The van der Waals surface area contributed by atoms with Crippen LogP contribution >= 0.6 is 0 Å². The molecule has 7 nitrogen and oxygen atoms in total. The lowest BCUT2D eigenvalue weighted by molar-refractivity contribution is 0.415. The monoisotopic (exact) mass is 396 g/mol. The third kappa shape index (κ3) is 3.49. The van der Waals surface area contributed by atoms with Crippen molar-refractivity contribution in [2.45, 2.75) is 18.2 Å². The molecule has 2 aromatic rings. The van der Waals surface area contributed by atoms with Crippen LogP contribution in [0.5, 0.6) is 5.75 Å². The average molecular weight is 396 g/mol. The van der Waals surface area contributed by atoms with Crippen molar-refractivity contribution in [1.29, 1.82) is 0 Å². The average Bonchev–Trinajstić information content (AvgIpc) is 2.93. The van der Waals surface area contributed by atoms with E-state index in [-0.39, 0.29) is 16.3 Å². The van der Waals surface area contributed by atoms with Crippen LogP contribution in [0.15, 0.2) is 47.4 Å². The number of nitrogens with one attached hydrogen (secondary N) is 1. The van der Waals surface area contributed by atoms with Gasteiger partial charge in [-0.3, -0.25) is 9.03 Å². The maximum atomic E-state index is 12.7. The van der Waals surface area contributed by atoms with Gasteiger partial charge < -0.3 is 4.74 Å². The number of sulfonamides is 2. The number of anilines is 2. The minimum Gasteiger partial charge on any atom is -0.495 e. The largest absolute Gasteiger partial charge is 0.495 e. The maximum Gasteiger partial charge on any atom is 0.262 e. The molecule has 0 unspecified atom stereocenters. The summed E-state index contributed by atoms with van der Waals surface area (Å²) in [4.78, 5) is 0.172. The molecule has 0 aromatic heterocycles. The Kier molecular flexibility index (Phi) is 4.85. The van der Waals surface area contributed by atoms with Gasteiger partial charge in [-0.1, -0.05) is 18.2 Å². The van der Waals surface area contributed by atoms with Crippen molar-refractivity contribution in [3.8, 4) is 5.75 Å². The van der Waals surface area contributed by atoms with E-state index < -0.39 is 20.0 Å². The van der Waals surface area contributed by atoms with E-state index in [2.05, 4.69) is 4.72 Å². The Hall–Kier alpha value is -2.26. The first kappa shape index (κ1) is 18.5. The SMILES string of the molecule is COc1ccc(NS(=O)(=O)c2ccccc2C)cc1N1CCCS1(=O)=O. The first-order valence-electron chi connectivity index (χ1n) is 8.01. The van der Waals surface area contributed by atoms with Crippen molar-refractivity contribution in [2.75, 3.05) is 28.4 Å². The number of nitrogens with zero attached hydrogens (tertiary/aromatic N) is 1. The Morgan fingerprint density at radius 3 is 2.50 bits per heavy atom. The van der Waals surface area contributed by atoms with Crippen LogP contribution < -0.4 is 13.8 Å². The number of hydrogen-bond acceptors (Lipinski definition) is 5. The summed E-state index contributed by atoms with van der Waals surface area (Å²) in [6.07, 6.45) is 0.519. The molecule has 1 aliphatic heterocycles. The number of ether oxygens (including phenoxy) is 1. The minimum atomic E-state index is -3.79. The van der Waals surface area contributed by atoms with E-state index >= 15 is 0 Å². The summed E-state index contributed by atoms with van der Waals surface area (Å²) in [5, 5.41) is 0. The van der Waals surface area contributed by atoms with Gasteiger partial charge in [0.05, 0.1) is 29.1 Å². The number of methoxy groups -OCH3 is 1. The van der Waals surface area contributed by atoms with Crippen LogP contribution in [0.4, 0.5) is 11.4 Å². The van der Waals surface area contributed by atoms with E-state index in [0.717, 1.165) is 0 Å². The van der Waals surface area contributed by atoms with Crippen LogP contribution in [0.2, 0.25) is 0 Å². The van der Waals surface area contributed by atoms with Crippen molar-refractivity contribution in [2.24, 2.45) is 0 Å². The van der Waals surface area contributed by atoms with Crippen LogP contribution in [0.25, 0.3) is 0 Å². The third-order valence-electron chi connectivity index (χ3n) is 4.18. The normalized spacial score (nSPS) is 16.5. The van der Waals surface area contributed by atoms with Crippen molar-refractivity contribution in [3.05, 3.63) is 48.0 Å². The van der Waals surface area contributed by atoms with Crippen LogP contribution in [0.3, 0.4) is 0 Å². The second kappa shape index (κ2) is 6.81. The molecular formula is C17H20N2O5S2. The van der Waals surface area contributed by atoms with E-state index in [4.69, 9.17) is 4.74 Å².